The molecule has 0 aromatic carbocycles. The fraction of sp³-hybridized carbons (Fsp3) is 0.571. The lowest BCUT2D eigenvalue weighted by Gasteiger charge is -2.40. The zero-order valence-corrected chi connectivity index (χ0v) is 12.0. The molecule has 0 saturated carbocycles. The number of aliphatic hydroxyl groups is 1. The highest BCUT2D eigenvalue weighted by atomic mass is 16.6. The summed E-state index contributed by atoms with van der Waals surface area (Å²) in [7, 11) is 0. The van der Waals surface area contributed by atoms with Crippen molar-refractivity contribution in [3.05, 3.63) is 24.0 Å². The van der Waals surface area contributed by atoms with E-state index < -0.39 is 5.60 Å². The molecule has 110 valence electrons. The summed E-state index contributed by atoms with van der Waals surface area (Å²) in [6, 6.07) is 3.36. The summed E-state index contributed by atoms with van der Waals surface area (Å²) in [5, 5.41) is 9.03. The van der Waals surface area contributed by atoms with Gasteiger partial charge >= 0.3 is 6.09 Å². The Kier molecular flexibility index (Phi) is 4.13. The third kappa shape index (κ3) is 3.60. The number of rotatable bonds is 3. The summed E-state index contributed by atoms with van der Waals surface area (Å²) in [4.78, 5) is 17.5. The molecule has 1 atom stereocenters. The van der Waals surface area contributed by atoms with Gasteiger partial charge < -0.3 is 14.6 Å². The molecule has 1 aliphatic rings. The van der Waals surface area contributed by atoms with Crippen LogP contribution >= 0.6 is 0 Å². The molecule has 1 unspecified atom stereocenters. The van der Waals surface area contributed by atoms with Crippen LogP contribution in [0.4, 0.5) is 4.79 Å². The molecule has 1 aromatic heterocycles. The van der Waals surface area contributed by atoms with Gasteiger partial charge in [-0.2, -0.15) is 0 Å². The molecule has 0 aliphatic carbocycles. The molecule has 2 rings (SSSR count). The Hall–Kier alpha value is -1.82. The van der Waals surface area contributed by atoms with Gasteiger partial charge in [0.15, 0.2) is 6.23 Å². The number of aliphatic hydroxyl groups excluding tert-OH is 1. The Bertz CT molecular complexity index is 484. The number of ether oxygens (including phenoxy) is 2. The monoisotopic (exact) mass is 280 g/mol. The number of hydrogen-bond donors (Lipinski definition) is 1. The Morgan fingerprint density at radius 1 is 1.55 bits per heavy atom. The normalized spacial score (nSPS) is 18.4. The SMILES string of the molecule is CC(C)(C)OC(=O)N1CCC1Oc1ccnc(CO)c1. The predicted molar refractivity (Wildman–Crippen MR) is 72.1 cm³/mol. The van der Waals surface area contributed by atoms with Crippen LogP contribution in [-0.4, -0.2) is 39.5 Å². The maximum atomic E-state index is 11.9. The van der Waals surface area contributed by atoms with Crippen molar-refractivity contribution in [2.24, 2.45) is 0 Å². The summed E-state index contributed by atoms with van der Waals surface area (Å²) in [6.07, 6.45) is 1.64. The Morgan fingerprint density at radius 2 is 2.30 bits per heavy atom. The first-order chi connectivity index (χ1) is 9.39. The van der Waals surface area contributed by atoms with Crippen LogP contribution in [0.1, 0.15) is 32.9 Å². The molecule has 1 fully saturated rings. The van der Waals surface area contributed by atoms with Crippen molar-refractivity contribution in [2.45, 2.75) is 45.6 Å². The number of pyridine rings is 1. The lowest BCUT2D eigenvalue weighted by molar-refractivity contribution is -0.0662. The van der Waals surface area contributed by atoms with Crippen molar-refractivity contribution >= 4 is 6.09 Å². The van der Waals surface area contributed by atoms with E-state index >= 15 is 0 Å². The summed E-state index contributed by atoms with van der Waals surface area (Å²) >= 11 is 0. The molecule has 1 aliphatic heterocycles. The highest BCUT2D eigenvalue weighted by molar-refractivity contribution is 5.69. The number of likely N-dealkylation sites (tertiary alicyclic amines) is 1. The lowest BCUT2D eigenvalue weighted by atomic mass is 10.2. The van der Waals surface area contributed by atoms with E-state index in [0.717, 1.165) is 6.42 Å². The van der Waals surface area contributed by atoms with Crippen LogP contribution in [-0.2, 0) is 11.3 Å². The van der Waals surface area contributed by atoms with Crippen molar-refractivity contribution < 1.29 is 19.4 Å². The van der Waals surface area contributed by atoms with Gasteiger partial charge in [-0.05, 0) is 26.8 Å². The van der Waals surface area contributed by atoms with E-state index in [9.17, 15) is 4.79 Å². The van der Waals surface area contributed by atoms with Crippen LogP contribution in [0.15, 0.2) is 18.3 Å². The first kappa shape index (κ1) is 14.6. The fourth-order valence-corrected chi connectivity index (χ4v) is 1.79. The first-order valence-electron chi connectivity index (χ1n) is 6.61. The second-order valence-corrected chi connectivity index (χ2v) is 5.68. The van der Waals surface area contributed by atoms with E-state index in [2.05, 4.69) is 4.98 Å². The molecule has 20 heavy (non-hydrogen) atoms. The molecule has 0 spiro atoms. The van der Waals surface area contributed by atoms with Crippen molar-refractivity contribution in [3.8, 4) is 5.75 Å². The van der Waals surface area contributed by atoms with E-state index in [1.165, 1.54) is 0 Å². The molecule has 1 saturated heterocycles. The van der Waals surface area contributed by atoms with Crippen LogP contribution in [0, 0.1) is 0 Å². The van der Waals surface area contributed by atoms with Gasteiger partial charge in [0, 0.05) is 25.2 Å². The zero-order chi connectivity index (χ0) is 14.8. The third-order valence-electron chi connectivity index (χ3n) is 2.81. The molecule has 0 radical (unpaired) electrons. The van der Waals surface area contributed by atoms with Crippen molar-refractivity contribution in [2.75, 3.05) is 6.54 Å². The van der Waals surface area contributed by atoms with Gasteiger partial charge in [-0.3, -0.25) is 9.88 Å². The van der Waals surface area contributed by atoms with E-state index in [0.29, 0.717) is 18.0 Å². The predicted octanol–water partition coefficient (Wildman–Crippen LogP) is 1.92. The van der Waals surface area contributed by atoms with Crippen molar-refractivity contribution in [1.82, 2.24) is 9.88 Å². The second-order valence-electron chi connectivity index (χ2n) is 5.68. The van der Waals surface area contributed by atoms with Gasteiger partial charge in [0.1, 0.15) is 11.4 Å². The van der Waals surface area contributed by atoms with Crippen LogP contribution in [0.2, 0.25) is 0 Å². The van der Waals surface area contributed by atoms with E-state index in [1.54, 1.807) is 23.2 Å². The van der Waals surface area contributed by atoms with Gasteiger partial charge in [-0.15, -0.1) is 0 Å². The number of amides is 1. The minimum atomic E-state index is -0.516. The summed E-state index contributed by atoms with van der Waals surface area (Å²) in [6.45, 7) is 5.97. The van der Waals surface area contributed by atoms with Crippen LogP contribution < -0.4 is 4.74 Å². The van der Waals surface area contributed by atoms with E-state index in [1.807, 2.05) is 20.8 Å². The number of nitrogens with zero attached hydrogens (tertiary/aromatic N) is 2. The maximum absolute atomic E-state index is 11.9. The zero-order valence-electron chi connectivity index (χ0n) is 12.0. The molecule has 1 amide bonds. The first-order valence-corrected chi connectivity index (χ1v) is 6.61. The van der Waals surface area contributed by atoms with Crippen molar-refractivity contribution in [1.29, 1.82) is 0 Å². The number of hydrogen-bond acceptors (Lipinski definition) is 5. The average Bonchev–Trinajstić information content (AvgIpc) is 2.32. The summed E-state index contributed by atoms with van der Waals surface area (Å²) < 4.78 is 11.0. The van der Waals surface area contributed by atoms with Crippen LogP contribution in [0.5, 0.6) is 5.75 Å². The molecule has 6 nitrogen and oxygen atoms in total. The summed E-state index contributed by atoms with van der Waals surface area (Å²) in [5.41, 5.74) is 0.0171. The minimum absolute atomic E-state index is 0.141. The molecule has 0 bridgehead atoms. The largest absolute Gasteiger partial charge is 0.470 e. The van der Waals surface area contributed by atoms with Gasteiger partial charge in [0.2, 0.25) is 0 Å². The molecule has 2 heterocycles. The average molecular weight is 280 g/mol. The van der Waals surface area contributed by atoms with Gasteiger partial charge in [0.05, 0.1) is 12.3 Å². The number of aromatic nitrogens is 1. The van der Waals surface area contributed by atoms with Crippen LogP contribution in [0.3, 0.4) is 0 Å². The molecule has 1 aromatic rings. The van der Waals surface area contributed by atoms with Crippen molar-refractivity contribution in [3.63, 3.8) is 0 Å². The topological polar surface area (TPSA) is 71.9 Å². The standard InChI is InChI=1S/C14H20N2O4/c1-14(2,3)20-13(18)16-7-5-12(16)19-11-4-6-15-10(8-11)9-17/h4,6,8,12,17H,5,7,9H2,1-3H3. The van der Waals surface area contributed by atoms with E-state index in [4.69, 9.17) is 14.6 Å². The van der Waals surface area contributed by atoms with Gasteiger partial charge in [-0.25, -0.2) is 4.79 Å². The lowest BCUT2D eigenvalue weighted by Crippen LogP contribution is -2.55. The Balaban J connectivity index is 1.95. The Morgan fingerprint density at radius 3 is 2.85 bits per heavy atom. The van der Waals surface area contributed by atoms with Gasteiger partial charge in [0.25, 0.3) is 0 Å². The highest BCUT2D eigenvalue weighted by Crippen LogP contribution is 2.24. The molecule has 6 heteroatoms. The molecular formula is C14H20N2O4. The number of carbonyl (C=O) groups is 1. The highest BCUT2D eigenvalue weighted by Gasteiger charge is 2.36. The van der Waals surface area contributed by atoms with E-state index in [-0.39, 0.29) is 18.9 Å². The molecule has 1 N–H and O–H groups in total. The van der Waals surface area contributed by atoms with Crippen LogP contribution in [0.25, 0.3) is 0 Å². The third-order valence-corrected chi connectivity index (χ3v) is 2.81. The number of carbonyl (C=O) groups excluding carboxylic acids is 1. The minimum Gasteiger partial charge on any atom is -0.470 e. The second kappa shape index (κ2) is 5.66. The molecular weight excluding hydrogens is 260 g/mol. The van der Waals surface area contributed by atoms with Gasteiger partial charge in [-0.1, -0.05) is 0 Å². The fourth-order valence-electron chi connectivity index (χ4n) is 1.79. The quantitative estimate of drug-likeness (QED) is 0.915. The smallest absolute Gasteiger partial charge is 0.413 e. The maximum Gasteiger partial charge on any atom is 0.413 e. The summed E-state index contributed by atoms with van der Waals surface area (Å²) in [5.74, 6) is 0.585. The Labute approximate surface area is 118 Å².